The normalized spacial score (nSPS) is 55.0. The van der Waals surface area contributed by atoms with Gasteiger partial charge in [0.25, 0.3) is 0 Å². The van der Waals surface area contributed by atoms with Crippen LogP contribution in [-0.4, -0.2) is 194 Å². The van der Waals surface area contributed by atoms with Crippen molar-refractivity contribution in [2.45, 2.75) is 182 Å². The van der Waals surface area contributed by atoms with Crippen LogP contribution in [0.3, 0.4) is 0 Å². The monoisotopic (exact) mass is 874 g/mol. The molecule has 8 rings (SSSR count). The lowest BCUT2D eigenvalue weighted by Gasteiger charge is -2.63. The maximum atomic E-state index is 12.6. The van der Waals surface area contributed by atoms with E-state index in [0.29, 0.717) is 6.42 Å². The number of hydrogen-bond donors (Lipinski definition) is 10. The number of rotatable bonds is 10. The Labute approximate surface area is 354 Å². The van der Waals surface area contributed by atoms with Gasteiger partial charge in [-0.05, 0) is 80.6 Å². The van der Waals surface area contributed by atoms with Gasteiger partial charge in [-0.1, -0.05) is 13.8 Å². The number of esters is 1. The summed E-state index contributed by atoms with van der Waals surface area (Å²) in [6.45, 7) is 5.01. The molecule has 10 N–H and O–H groups in total. The summed E-state index contributed by atoms with van der Waals surface area (Å²) in [6, 6.07) is 0. The van der Waals surface area contributed by atoms with Crippen LogP contribution in [0.2, 0.25) is 0 Å². The molecule has 24 atom stereocenters. The van der Waals surface area contributed by atoms with Gasteiger partial charge in [0, 0.05) is 30.9 Å². The summed E-state index contributed by atoms with van der Waals surface area (Å²) in [5.41, 5.74) is -0.986. The van der Waals surface area contributed by atoms with Gasteiger partial charge in [-0.15, -0.1) is 0 Å². The summed E-state index contributed by atoms with van der Waals surface area (Å²) in [5, 5.41) is 108. The van der Waals surface area contributed by atoms with Crippen molar-refractivity contribution < 1.29 is 93.8 Å². The van der Waals surface area contributed by atoms with E-state index in [1.807, 2.05) is 0 Å². The molecule has 19 heteroatoms. The van der Waals surface area contributed by atoms with Gasteiger partial charge in [-0.3, -0.25) is 0 Å². The molecule has 4 aliphatic carbocycles. The van der Waals surface area contributed by atoms with Crippen molar-refractivity contribution in [3.05, 3.63) is 11.6 Å². The molecule has 4 heterocycles. The summed E-state index contributed by atoms with van der Waals surface area (Å²) in [7, 11) is 1.38. The lowest BCUT2D eigenvalue weighted by atomic mass is 9.43. The van der Waals surface area contributed by atoms with Crippen molar-refractivity contribution in [3.63, 3.8) is 0 Å². The van der Waals surface area contributed by atoms with Crippen LogP contribution in [0.1, 0.15) is 72.1 Å². The van der Waals surface area contributed by atoms with E-state index < -0.39 is 128 Å². The van der Waals surface area contributed by atoms with E-state index >= 15 is 0 Å². The van der Waals surface area contributed by atoms with Crippen LogP contribution < -0.4 is 0 Å². The highest BCUT2D eigenvalue weighted by atomic mass is 16.8. The minimum atomic E-state index is -1.78. The molecule has 7 fully saturated rings. The fourth-order valence-corrected chi connectivity index (χ4v) is 13.0. The standard InChI is InChI=1S/C42H66O19/c1-17-35(61-38-33(51)31(49)29(47)25(60-38)16-56-37-32(50)30(48)28(46)24(14-43)59-37)36(54-4)34(52)39(57-17)58-20-7-9-40(2)19(12-20)5-6-22-21(40)8-10-41(3)27(18-11-26(45)55-15-18)23(44)13-42(22,41)53/h11,17,19-25,27-39,43-44,46-53H,5-10,12-16H2,1-4H3. The molecule has 61 heavy (non-hydrogen) atoms. The number of hydrogen-bond acceptors (Lipinski definition) is 19. The number of aliphatic hydroxyl groups is 10. The molecule has 348 valence electrons. The third-order valence-corrected chi connectivity index (χ3v) is 16.5. The van der Waals surface area contributed by atoms with Crippen LogP contribution in [0.4, 0.5) is 0 Å². The Bertz CT molecular complexity index is 1600. The fraction of sp³-hybridized carbons (Fsp3) is 0.929. The Balaban J connectivity index is 0.880. The van der Waals surface area contributed by atoms with Crippen molar-refractivity contribution in [1.29, 1.82) is 0 Å². The van der Waals surface area contributed by atoms with Crippen LogP contribution in [0.25, 0.3) is 0 Å². The van der Waals surface area contributed by atoms with Crippen molar-refractivity contribution in [3.8, 4) is 0 Å². The van der Waals surface area contributed by atoms with Crippen LogP contribution in [-0.2, 0) is 42.7 Å². The zero-order valence-electron chi connectivity index (χ0n) is 35.1. The Kier molecular flexibility index (Phi) is 13.1. The van der Waals surface area contributed by atoms with Crippen LogP contribution in [0, 0.1) is 34.5 Å². The molecule has 24 unspecified atom stereocenters. The third-order valence-electron chi connectivity index (χ3n) is 16.5. The lowest BCUT2D eigenvalue weighted by molar-refractivity contribution is -0.367. The average Bonchev–Trinajstić information content (AvgIpc) is 3.74. The Morgan fingerprint density at radius 1 is 0.754 bits per heavy atom. The molecule has 4 saturated carbocycles. The molecule has 19 nitrogen and oxygen atoms in total. The van der Waals surface area contributed by atoms with Gasteiger partial charge in [-0.25, -0.2) is 4.79 Å². The zero-order chi connectivity index (χ0) is 43.9. The average molecular weight is 875 g/mol. The van der Waals surface area contributed by atoms with E-state index in [9.17, 15) is 55.9 Å². The van der Waals surface area contributed by atoms with Crippen molar-refractivity contribution in [2.24, 2.45) is 34.5 Å². The van der Waals surface area contributed by atoms with E-state index in [0.717, 1.165) is 44.1 Å². The Morgan fingerprint density at radius 2 is 1.43 bits per heavy atom. The van der Waals surface area contributed by atoms with E-state index in [2.05, 4.69) is 13.8 Å². The first-order chi connectivity index (χ1) is 28.9. The second-order valence-electron chi connectivity index (χ2n) is 19.5. The molecule has 4 aliphatic heterocycles. The molecule has 0 aromatic carbocycles. The fourth-order valence-electron chi connectivity index (χ4n) is 13.0. The van der Waals surface area contributed by atoms with E-state index in [4.69, 9.17) is 37.9 Å². The summed E-state index contributed by atoms with van der Waals surface area (Å²) >= 11 is 0. The second-order valence-corrected chi connectivity index (χ2v) is 19.5. The topological polar surface area (TPSA) is 293 Å². The third kappa shape index (κ3) is 7.73. The van der Waals surface area contributed by atoms with Gasteiger partial charge in [-0.2, -0.15) is 0 Å². The zero-order valence-corrected chi connectivity index (χ0v) is 35.1. The lowest BCUT2D eigenvalue weighted by Crippen LogP contribution is -2.65. The second kappa shape index (κ2) is 17.4. The van der Waals surface area contributed by atoms with Gasteiger partial charge in [0.1, 0.15) is 73.8 Å². The summed E-state index contributed by atoms with van der Waals surface area (Å²) in [4.78, 5) is 12.0. The molecule has 0 aromatic heterocycles. The minimum absolute atomic E-state index is 0.00622. The first-order valence-electron chi connectivity index (χ1n) is 21.9. The van der Waals surface area contributed by atoms with Crippen molar-refractivity contribution >= 4 is 5.97 Å². The molecule has 8 aliphatic rings. The van der Waals surface area contributed by atoms with Gasteiger partial charge < -0.3 is 89.0 Å². The number of carbonyl (C=O) groups is 1. The van der Waals surface area contributed by atoms with Gasteiger partial charge >= 0.3 is 5.97 Å². The first-order valence-corrected chi connectivity index (χ1v) is 21.9. The predicted octanol–water partition coefficient (Wildman–Crippen LogP) is -2.27. The Hall–Kier alpha value is -1.47. The molecule has 0 amide bonds. The number of cyclic esters (lactones) is 1. The molecule has 0 aromatic rings. The SMILES string of the molecule is COC1C(O)C(OC2CCC3(C)C(CCC4C3CCC3(C)C(C5=CC(=O)OC5)C(O)CC43O)C2)OC(C)C1OC1OC(COC2OC(CO)C(O)C(O)C2O)C(O)C(O)C1O. The number of aliphatic hydroxyl groups excluding tert-OH is 9. The van der Waals surface area contributed by atoms with Crippen LogP contribution >= 0.6 is 0 Å². The van der Waals surface area contributed by atoms with E-state index in [1.165, 1.54) is 13.2 Å². The minimum Gasteiger partial charge on any atom is -0.458 e. The number of methoxy groups -OCH3 is 1. The summed E-state index contributed by atoms with van der Waals surface area (Å²) in [5.74, 6) is -0.235. The van der Waals surface area contributed by atoms with E-state index in [1.54, 1.807) is 6.92 Å². The number of fused-ring (bicyclic) bond motifs is 5. The first kappa shape index (κ1) is 46.1. The molecular weight excluding hydrogens is 808 g/mol. The van der Waals surface area contributed by atoms with Gasteiger partial charge in [0.05, 0.1) is 37.1 Å². The highest BCUT2D eigenvalue weighted by Gasteiger charge is 2.70. The predicted molar refractivity (Wildman–Crippen MR) is 204 cm³/mol. The maximum absolute atomic E-state index is 12.6. The van der Waals surface area contributed by atoms with Crippen molar-refractivity contribution in [1.82, 2.24) is 0 Å². The molecule has 3 saturated heterocycles. The molecule has 0 radical (unpaired) electrons. The van der Waals surface area contributed by atoms with Crippen molar-refractivity contribution in [2.75, 3.05) is 26.9 Å². The molecule has 0 bridgehead atoms. The summed E-state index contributed by atoms with van der Waals surface area (Å²) in [6.07, 6.45) is -15.1. The van der Waals surface area contributed by atoms with Crippen LogP contribution in [0.5, 0.6) is 0 Å². The van der Waals surface area contributed by atoms with E-state index in [-0.39, 0.29) is 48.2 Å². The highest BCUT2D eigenvalue weighted by molar-refractivity contribution is 5.85. The Morgan fingerprint density at radius 3 is 2.10 bits per heavy atom. The van der Waals surface area contributed by atoms with Gasteiger partial charge in [0.15, 0.2) is 18.9 Å². The van der Waals surface area contributed by atoms with Gasteiger partial charge in [0.2, 0.25) is 0 Å². The maximum Gasteiger partial charge on any atom is 0.331 e. The number of ether oxygens (including phenoxy) is 8. The summed E-state index contributed by atoms with van der Waals surface area (Å²) < 4.78 is 46.5. The molecular formula is C42H66O19. The highest BCUT2D eigenvalue weighted by Crippen LogP contribution is 2.70. The number of carbonyl (C=O) groups excluding carboxylic acids is 1. The van der Waals surface area contributed by atoms with Crippen LogP contribution in [0.15, 0.2) is 11.6 Å². The smallest absolute Gasteiger partial charge is 0.331 e. The largest absolute Gasteiger partial charge is 0.458 e. The molecule has 0 spiro atoms. The quantitative estimate of drug-likeness (QED) is 0.0818.